The van der Waals surface area contributed by atoms with E-state index in [4.69, 9.17) is 4.74 Å². The van der Waals surface area contributed by atoms with Crippen LogP contribution in [0.1, 0.15) is 5.56 Å². The first-order valence-electron chi connectivity index (χ1n) is 7.84. The van der Waals surface area contributed by atoms with Gasteiger partial charge >= 0.3 is 0 Å². The van der Waals surface area contributed by atoms with Crippen molar-refractivity contribution in [3.8, 4) is 22.8 Å². The van der Waals surface area contributed by atoms with E-state index >= 15 is 0 Å². The Labute approximate surface area is 140 Å². The van der Waals surface area contributed by atoms with E-state index in [9.17, 15) is 0 Å². The molecule has 3 heteroatoms. The molecule has 0 bridgehead atoms. The van der Waals surface area contributed by atoms with Crippen LogP contribution in [0.25, 0.3) is 21.9 Å². The summed E-state index contributed by atoms with van der Waals surface area (Å²) in [5, 5.41) is 2.11. The van der Waals surface area contributed by atoms with Crippen molar-refractivity contribution in [1.82, 2.24) is 9.97 Å². The number of ether oxygens (including phenoxy) is 1. The van der Waals surface area contributed by atoms with E-state index in [-0.39, 0.29) is 0 Å². The lowest BCUT2D eigenvalue weighted by Gasteiger charge is -2.12. The molecular weight excluding hydrogens is 296 g/mol. The standard InChI is InChI=1S/C21H16N2O/c1-15-9-10-18-19(12-15)20(16-6-5-11-22-13-16)14-23-21(18)24-17-7-3-2-4-8-17/h2-14H,1H3. The van der Waals surface area contributed by atoms with Crippen LogP contribution in [0, 0.1) is 6.92 Å². The zero-order valence-corrected chi connectivity index (χ0v) is 13.3. The average molecular weight is 312 g/mol. The molecule has 0 atom stereocenters. The molecule has 0 amide bonds. The summed E-state index contributed by atoms with van der Waals surface area (Å²) in [7, 11) is 0. The lowest BCUT2D eigenvalue weighted by molar-refractivity contribution is 0.469. The van der Waals surface area contributed by atoms with Crippen LogP contribution in [0.4, 0.5) is 0 Å². The summed E-state index contributed by atoms with van der Waals surface area (Å²) in [4.78, 5) is 8.78. The van der Waals surface area contributed by atoms with Crippen molar-refractivity contribution in [2.75, 3.05) is 0 Å². The Morgan fingerprint density at radius 1 is 0.833 bits per heavy atom. The molecule has 0 spiro atoms. The summed E-state index contributed by atoms with van der Waals surface area (Å²) in [6.45, 7) is 2.09. The van der Waals surface area contributed by atoms with Crippen molar-refractivity contribution < 1.29 is 4.74 Å². The van der Waals surface area contributed by atoms with Gasteiger partial charge in [-0.05, 0) is 36.6 Å². The zero-order chi connectivity index (χ0) is 16.4. The molecule has 0 radical (unpaired) electrons. The monoisotopic (exact) mass is 312 g/mol. The number of pyridine rings is 2. The van der Waals surface area contributed by atoms with Gasteiger partial charge in [0.1, 0.15) is 5.75 Å². The van der Waals surface area contributed by atoms with Crippen molar-refractivity contribution >= 4 is 10.8 Å². The number of benzene rings is 2. The second kappa shape index (κ2) is 6.13. The Morgan fingerprint density at radius 3 is 2.50 bits per heavy atom. The Bertz CT molecular complexity index is 983. The number of fused-ring (bicyclic) bond motifs is 1. The Balaban J connectivity index is 1.89. The van der Waals surface area contributed by atoms with Gasteiger partial charge in [0.2, 0.25) is 5.88 Å². The maximum atomic E-state index is 6.00. The second-order valence-corrected chi connectivity index (χ2v) is 5.68. The Hall–Kier alpha value is -3.20. The first-order valence-corrected chi connectivity index (χ1v) is 7.84. The third kappa shape index (κ3) is 2.72. The number of rotatable bonds is 3. The van der Waals surface area contributed by atoms with Gasteiger partial charge in [-0.2, -0.15) is 0 Å². The minimum atomic E-state index is 0.615. The number of aromatic nitrogens is 2. The first-order chi connectivity index (χ1) is 11.8. The Kier molecular flexibility index (Phi) is 3.67. The molecule has 0 saturated heterocycles. The molecule has 4 rings (SSSR count). The van der Waals surface area contributed by atoms with Crippen molar-refractivity contribution in [1.29, 1.82) is 0 Å². The number of aryl methyl sites for hydroxylation is 1. The minimum absolute atomic E-state index is 0.615. The van der Waals surface area contributed by atoms with Gasteiger partial charge in [0.15, 0.2) is 0 Å². The molecule has 0 unspecified atom stereocenters. The van der Waals surface area contributed by atoms with Gasteiger partial charge in [-0.3, -0.25) is 4.98 Å². The lowest BCUT2D eigenvalue weighted by atomic mass is 10.0. The normalized spacial score (nSPS) is 10.7. The van der Waals surface area contributed by atoms with Crippen LogP contribution in [-0.4, -0.2) is 9.97 Å². The van der Waals surface area contributed by atoms with Crippen LogP contribution >= 0.6 is 0 Å². The van der Waals surface area contributed by atoms with E-state index in [1.165, 1.54) is 5.56 Å². The maximum absolute atomic E-state index is 6.00. The highest BCUT2D eigenvalue weighted by Crippen LogP contribution is 2.34. The average Bonchev–Trinajstić information content (AvgIpc) is 2.63. The lowest BCUT2D eigenvalue weighted by Crippen LogP contribution is -1.92. The minimum Gasteiger partial charge on any atom is -0.438 e. The highest BCUT2D eigenvalue weighted by Gasteiger charge is 2.11. The highest BCUT2D eigenvalue weighted by molar-refractivity contribution is 5.99. The molecule has 2 aromatic heterocycles. The van der Waals surface area contributed by atoms with E-state index in [0.29, 0.717) is 5.88 Å². The fourth-order valence-corrected chi connectivity index (χ4v) is 2.76. The summed E-state index contributed by atoms with van der Waals surface area (Å²) < 4.78 is 6.00. The molecule has 116 valence electrons. The largest absolute Gasteiger partial charge is 0.438 e. The molecule has 0 fully saturated rings. The molecule has 0 saturated carbocycles. The molecule has 0 aliphatic carbocycles. The second-order valence-electron chi connectivity index (χ2n) is 5.68. The highest BCUT2D eigenvalue weighted by atomic mass is 16.5. The van der Waals surface area contributed by atoms with Crippen LogP contribution in [0.3, 0.4) is 0 Å². The van der Waals surface area contributed by atoms with Crippen LogP contribution in [0.5, 0.6) is 11.6 Å². The quantitative estimate of drug-likeness (QED) is 0.508. The van der Waals surface area contributed by atoms with Crippen molar-refractivity contribution in [3.05, 3.63) is 84.8 Å². The number of hydrogen-bond acceptors (Lipinski definition) is 3. The van der Waals surface area contributed by atoms with Gasteiger partial charge in [0.05, 0.1) is 0 Å². The smallest absolute Gasteiger partial charge is 0.227 e. The zero-order valence-electron chi connectivity index (χ0n) is 13.3. The fourth-order valence-electron chi connectivity index (χ4n) is 2.76. The molecule has 24 heavy (non-hydrogen) atoms. The van der Waals surface area contributed by atoms with E-state index in [2.05, 4.69) is 35.1 Å². The van der Waals surface area contributed by atoms with Gasteiger partial charge in [0.25, 0.3) is 0 Å². The van der Waals surface area contributed by atoms with Crippen LogP contribution in [0.2, 0.25) is 0 Å². The predicted octanol–water partition coefficient (Wildman–Crippen LogP) is 5.40. The van der Waals surface area contributed by atoms with Crippen molar-refractivity contribution in [3.63, 3.8) is 0 Å². The summed E-state index contributed by atoms with van der Waals surface area (Å²) >= 11 is 0. The summed E-state index contributed by atoms with van der Waals surface area (Å²) in [6, 6.07) is 20.0. The van der Waals surface area contributed by atoms with E-state index in [1.807, 2.05) is 54.9 Å². The molecule has 3 nitrogen and oxygen atoms in total. The van der Waals surface area contributed by atoms with E-state index < -0.39 is 0 Å². The maximum Gasteiger partial charge on any atom is 0.227 e. The van der Waals surface area contributed by atoms with Gasteiger partial charge < -0.3 is 4.74 Å². The first kappa shape index (κ1) is 14.4. The van der Waals surface area contributed by atoms with Gasteiger partial charge in [-0.25, -0.2) is 4.98 Å². The van der Waals surface area contributed by atoms with Crippen LogP contribution in [-0.2, 0) is 0 Å². The molecule has 2 heterocycles. The third-order valence-corrected chi connectivity index (χ3v) is 3.94. The Morgan fingerprint density at radius 2 is 1.71 bits per heavy atom. The molecule has 0 aliphatic rings. The molecular formula is C21H16N2O. The SMILES string of the molecule is Cc1ccc2c(Oc3ccccc3)ncc(-c3cccnc3)c2c1. The van der Waals surface area contributed by atoms with Gasteiger partial charge in [0, 0.05) is 35.1 Å². The summed E-state index contributed by atoms with van der Waals surface area (Å²) in [5.74, 6) is 1.39. The van der Waals surface area contributed by atoms with Crippen LogP contribution in [0.15, 0.2) is 79.3 Å². The van der Waals surface area contributed by atoms with Gasteiger partial charge in [-0.15, -0.1) is 0 Å². The van der Waals surface area contributed by atoms with Crippen LogP contribution < -0.4 is 4.74 Å². The fraction of sp³-hybridized carbons (Fsp3) is 0.0476. The molecule has 4 aromatic rings. The van der Waals surface area contributed by atoms with Gasteiger partial charge in [-0.1, -0.05) is 42.0 Å². The third-order valence-electron chi connectivity index (χ3n) is 3.94. The topological polar surface area (TPSA) is 35.0 Å². The van der Waals surface area contributed by atoms with E-state index in [1.54, 1.807) is 6.20 Å². The predicted molar refractivity (Wildman–Crippen MR) is 96.2 cm³/mol. The van der Waals surface area contributed by atoms with Crippen molar-refractivity contribution in [2.24, 2.45) is 0 Å². The number of para-hydroxylation sites is 1. The molecule has 0 aliphatic heterocycles. The molecule has 0 N–H and O–H groups in total. The number of hydrogen-bond donors (Lipinski definition) is 0. The summed E-state index contributed by atoms with van der Waals surface area (Å²) in [6.07, 6.45) is 5.49. The number of nitrogens with zero attached hydrogens (tertiary/aromatic N) is 2. The molecule has 2 aromatic carbocycles. The van der Waals surface area contributed by atoms with Crippen molar-refractivity contribution in [2.45, 2.75) is 6.92 Å². The summed E-state index contributed by atoms with van der Waals surface area (Å²) in [5.41, 5.74) is 3.30. The van der Waals surface area contributed by atoms with E-state index in [0.717, 1.165) is 27.6 Å².